The van der Waals surface area contributed by atoms with Crippen molar-refractivity contribution in [3.05, 3.63) is 50.9 Å². The Morgan fingerprint density at radius 1 is 1.33 bits per heavy atom. The molecule has 0 aliphatic carbocycles. The van der Waals surface area contributed by atoms with Gasteiger partial charge in [0.05, 0.1) is 5.25 Å². The van der Waals surface area contributed by atoms with Crippen molar-refractivity contribution in [2.24, 2.45) is 0 Å². The molecule has 1 amide bonds. The summed E-state index contributed by atoms with van der Waals surface area (Å²) in [6.45, 7) is 1.58. The van der Waals surface area contributed by atoms with E-state index in [1.165, 1.54) is 24.3 Å². The first-order valence-corrected chi connectivity index (χ1v) is 6.76. The number of halogens is 1. The molecule has 110 valence electrons. The van der Waals surface area contributed by atoms with Crippen molar-refractivity contribution < 1.29 is 9.18 Å². The molecular weight excluding hydrogens is 299 g/mol. The van der Waals surface area contributed by atoms with Gasteiger partial charge in [-0.15, -0.1) is 0 Å². The maximum atomic E-state index is 12.8. The molecule has 9 heteroatoms. The lowest BCUT2D eigenvalue weighted by molar-refractivity contribution is -0.115. The molecule has 7 nitrogen and oxygen atoms in total. The molecule has 0 fully saturated rings. The molecule has 0 saturated carbocycles. The number of aromatic nitrogens is 3. The van der Waals surface area contributed by atoms with Crippen LogP contribution in [-0.2, 0) is 4.79 Å². The Labute approximate surface area is 122 Å². The van der Waals surface area contributed by atoms with E-state index in [1.807, 2.05) is 4.98 Å². The number of H-pyrrole nitrogens is 2. The van der Waals surface area contributed by atoms with E-state index < -0.39 is 22.3 Å². The van der Waals surface area contributed by atoms with Gasteiger partial charge < -0.3 is 5.32 Å². The highest BCUT2D eigenvalue weighted by Crippen LogP contribution is 2.18. The number of nitrogens with one attached hydrogen (secondary N) is 3. The number of nitrogens with zero attached hydrogens (tertiary/aromatic N) is 1. The third-order valence-electron chi connectivity index (χ3n) is 2.45. The van der Waals surface area contributed by atoms with Gasteiger partial charge in [0.2, 0.25) is 5.91 Å². The highest BCUT2D eigenvalue weighted by molar-refractivity contribution is 8.00. The van der Waals surface area contributed by atoms with Crippen LogP contribution in [0.3, 0.4) is 0 Å². The summed E-state index contributed by atoms with van der Waals surface area (Å²) in [5.74, 6) is -0.779. The first kappa shape index (κ1) is 15.0. The van der Waals surface area contributed by atoms with Crippen molar-refractivity contribution in [2.45, 2.75) is 17.2 Å². The molecule has 0 unspecified atom stereocenters. The van der Waals surface area contributed by atoms with Crippen LogP contribution in [-0.4, -0.2) is 26.3 Å². The average molecular weight is 310 g/mol. The normalized spacial score (nSPS) is 11.9. The topological polar surface area (TPSA) is 108 Å². The molecule has 1 aromatic carbocycles. The Balaban J connectivity index is 2.04. The number of rotatable bonds is 4. The Kier molecular flexibility index (Phi) is 4.53. The van der Waals surface area contributed by atoms with Gasteiger partial charge in [-0.05, 0) is 31.2 Å². The minimum atomic E-state index is -0.715. The van der Waals surface area contributed by atoms with Gasteiger partial charge in [-0.1, -0.05) is 11.8 Å². The van der Waals surface area contributed by atoms with Gasteiger partial charge in [0.25, 0.3) is 5.56 Å². The predicted molar refractivity (Wildman–Crippen MR) is 75.8 cm³/mol. The van der Waals surface area contributed by atoms with Gasteiger partial charge in [0, 0.05) is 5.69 Å². The molecule has 1 heterocycles. The van der Waals surface area contributed by atoms with Crippen molar-refractivity contribution in [3.63, 3.8) is 0 Å². The standard InChI is InChI=1S/C12H11FN4O3S/c1-6(21-11-10(19)15-12(20)17-16-11)9(18)14-8-4-2-7(13)3-5-8/h2-6H,1H3,(H,14,18)(H2,15,17,19,20)/t6-/m0/s1. The van der Waals surface area contributed by atoms with E-state index in [4.69, 9.17) is 0 Å². The monoisotopic (exact) mass is 310 g/mol. The van der Waals surface area contributed by atoms with Crippen LogP contribution in [0.5, 0.6) is 0 Å². The summed E-state index contributed by atoms with van der Waals surface area (Å²) in [5.41, 5.74) is -0.935. The van der Waals surface area contributed by atoms with Crippen LogP contribution in [0.25, 0.3) is 0 Å². The summed E-state index contributed by atoms with van der Waals surface area (Å²) >= 11 is 0.898. The summed E-state index contributed by atoms with van der Waals surface area (Å²) in [7, 11) is 0. The van der Waals surface area contributed by atoms with E-state index in [0.29, 0.717) is 5.69 Å². The van der Waals surface area contributed by atoms with E-state index in [9.17, 15) is 18.8 Å². The summed E-state index contributed by atoms with van der Waals surface area (Å²) < 4.78 is 12.8. The third-order valence-corrected chi connectivity index (χ3v) is 3.52. The Bertz CT molecular complexity index is 756. The summed E-state index contributed by atoms with van der Waals surface area (Å²) in [5, 5.41) is 7.59. The van der Waals surface area contributed by atoms with Crippen LogP contribution in [0.1, 0.15) is 6.92 Å². The fraction of sp³-hybridized carbons (Fsp3) is 0.167. The fourth-order valence-corrected chi connectivity index (χ4v) is 2.17. The highest BCUT2D eigenvalue weighted by Gasteiger charge is 2.17. The third kappa shape index (κ3) is 4.02. The number of hydrogen-bond donors (Lipinski definition) is 3. The quantitative estimate of drug-likeness (QED) is 0.721. The van der Waals surface area contributed by atoms with Crippen LogP contribution < -0.4 is 16.6 Å². The van der Waals surface area contributed by atoms with Gasteiger partial charge in [0.1, 0.15) is 5.82 Å². The van der Waals surface area contributed by atoms with Gasteiger partial charge in [-0.2, -0.15) is 5.10 Å². The smallest absolute Gasteiger partial charge is 0.325 e. The van der Waals surface area contributed by atoms with Crippen LogP contribution >= 0.6 is 11.8 Å². The van der Waals surface area contributed by atoms with Crippen molar-refractivity contribution in [2.75, 3.05) is 5.32 Å². The predicted octanol–water partition coefficient (Wildman–Crippen LogP) is 0.717. The van der Waals surface area contributed by atoms with Crippen LogP contribution in [0, 0.1) is 5.82 Å². The number of carbonyl (C=O) groups excluding carboxylic acids is 1. The van der Waals surface area contributed by atoms with Crippen molar-refractivity contribution in [1.82, 2.24) is 15.2 Å². The molecule has 0 radical (unpaired) electrons. The average Bonchev–Trinajstić information content (AvgIpc) is 2.44. The number of anilines is 1. The van der Waals surface area contributed by atoms with Crippen LogP contribution in [0.4, 0.5) is 10.1 Å². The lowest BCUT2D eigenvalue weighted by Crippen LogP contribution is -2.28. The van der Waals surface area contributed by atoms with Gasteiger partial charge in [-0.25, -0.2) is 14.3 Å². The Morgan fingerprint density at radius 3 is 2.62 bits per heavy atom. The molecular formula is C12H11FN4O3S. The maximum absolute atomic E-state index is 12.8. The van der Waals surface area contributed by atoms with Gasteiger partial charge >= 0.3 is 5.69 Å². The second-order valence-electron chi connectivity index (χ2n) is 4.07. The van der Waals surface area contributed by atoms with Crippen LogP contribution in [0.15, 0.2) is 38.9 Å². The number of carbonyl (C=O) groups is 1. The molecule has 0 aliphatic heterocycles. The first-order valence-electron chi connectivity index (χ1n) is 5.88. The SMILES string of the molecule is C[C@H](Sc1n[nH]c(=O)[nH]c1=O)C(=O)Nc1ccc(F)cc1. The largest absolute Gasteiger partial charge is 0.342 e. The number of hydrogen-bond acceptors (Lipinski definition) is 5. The number of thioether (sulfide) groups is 1. The number of benzene rings is 1. The number of aromatic amines is 2. The molecule has 0 spiro atoms. The number of amides is 1. The zero-order chi connectivity index (χ0) is 15.4. The van der Waals surface area contributed by atoms with Crippen molar-refractivity contribution in [3.8, 4) is 0 Å². The summed E-state index contributed by atoms with van der Waals surface area (Å²) in [6.07, 6.45) is 0. The van der Waals surface area contributed by atoms with Crippen molar-refractivity contribution >= 4 is 23.4 Å². The minimum Gasteiger partial charge on any atom is -0.325 e. The van der Waals surface area contributed by atoms with E-state index >= 15 is 0 Å². The zero-order valence-corrected chi connectivity index (χ0v) is 11.7. The zero-order valence-electron chi connectivity index (χ0n) is 10.8. The van der Waals surface area contributed by atoms with Gasteiger partial charge in [0.15, 0.2) is 5.03 Å². The maximum Gasteiger partial charge on any atom is 0.342 e. The molecule has 2 rings (SSSR count). The van der Waals surface area contributed by atoms with E-state index in [2.05, 4.69) is 15.5 Å². The second kappa shape index (κ2) is 6.35. The Hall–Kier alpha value is -2.42. The van der Waals surface area contributed by atoms with Gasteiger partial charge in [-0.3, -0.25) is 14.6 Å². The summed E-state index contributed by atoms with van der Waals surface area (Å²) in [4.78, 5) is 36.3. The minimum absolute atomic E-state index is 0.0173. The van der Waals surface area contributed by atoms with Crippen molar-refractivity contribution in [1.29, 1.82) is 0 Å². The lowest BCUT2D eigenvalue weighted by Gasteiger charge is -2.10. The van der Waals surface area contributed by atoms with E-state index in [0.717, 1.165) is 11.8 Å². The van der Waals surface area contributed by atoms with E-state index in [-0.39, 0.29) is 10.9 Å². The highest BCUT2D eigenvalue weighted by atomic mass is 32.2. The fourth-order valence-electron chi connectivity index (χ4n) is 1.41. The molecule has 0 aliphatic rings. The molecule has 1 aromatic heterocycles. The summed E-state index contributed by atoms with van der Waals surface area (Å²) in [6, 6.07) is 5.30. The molecule has 0 bridgehead atoms. The molecule has 0 saturated heterocycles. The molecule has 21 heavy (non-hydrogen) atoms. The van der Waals surface area contributed by atoms with E-state index in [1.54, 1.807) is 6.92 Å². The Morgan fingerprint density at radius 2 is 2.00 bits per heavy atom. The molecule has 3 N–H and O–H groups in total. The second-order valence-corrected chi connectivity index (χ2v) is 5.40. The lowest BCUT2D eigenvalue weighted by atomic mass is 10.3. The first-order chi connectivity index (χ1) is 9.95. The van der Waals surface area contributed by atoms with Crippen LogP contribution in [0.2, 0.25) is 0 Å². The molecule has 2 aromatic rings. The molecule has 1 atom stereocenters.